The molecule has 0 fully saturated rings. The second-order valence-corrected chi connectivity index (χ2v) is 6.09. The Morgan fingerprint density at radius 1 is 1.15 bits per heavy atom. The van der Waals surface area contributed by atoms with Crippen LogP contribution in [-0.4, -0.2) is 27.9 Å². The molecule has 3 aromatic rings. The summed E-state index contributed by atoms with van der Waals surface area (Å²) in [6, 6.07) is 16.2. The molecule has 0 saturated carbocycles. The normalized spacial score (nSPS) is 10.9. The summed E-state index contributed by atoms with van der Waals surface area (Å²) in [7, 11) is 0. The molecule has 0 atom stereocenters. The standard InChI is InChI=1S/C20H19ClN4O2/c1-2-10-27-16-9-8-15(17(26)11-16)13-22-25-19-12-18(21)23-20(24-19)14-6-4-3-5-7-14/h3-9,11-13,26H,2,10H2,1H3,(H,23,24,25). The zero-order valence-electron chi connectivity index (χ0n) is 14.8. The van der Waals surface area contributed by atoms with Gasteiger partial charge in [0.1, 0.15) is 16.7 Å². The summed E-state index contributed by atoms with van der Waals surface area (Å²) >= 11 is 6.08. The van der Waals surface area contributed by atoms with Crippen molar-refractivity contribution >= 4 is 23.6 Å². The maximum absolute atomic E-state index is 10.1. The molecule has 0 aliphatic carbocycles. The van der Waals surface area contributed by atoms with Gasteiger partial charge in [-0.3, -0.25) is 5.43 Å². The molecule has 2 aromatic carbocycles. The predicted molar refractivity (Wildman–Crippen MR) is 108 cm³/mol. The third-order valence-electron chi connectivity index (χ3n) is 3.58. The molecule has 0 amide bonds. The van der Waals surface area contributed by atoms with Gasteiger partial charge in [0.25, 0.3) is 0 Å². The minimum Gasteiger partial charge on any atom is -0.507 e. The summed E-state index contributed by atoms with van der Waals surface area (Å²) in [5.41, 5.74) is 4.22. The average molecular weight is 383 g/mol. The Kier molecular flexibility index (Phi) is 6.22. The summed E-state index contributed by atoms with van der Waals surface area (Å²) in [6.45, 7) is 2.63. The fourth-order valence-corrected chi connectivity index (χ4v) is 2.48. The molecule has 7 heteroatoms. The molecule has 1 heterocycles. The molecule has 0 saturated heterocycles. The van der Waals surface area contributed by atoms with Gasteiger partial charge < -0.3 is 9.84 Å². The smallest absolute Gasteiger partial charge is 0.163 e. The molecule has 0 aliphatic heterocycles. The number of aromatic nitrogens is 2. The Balaban J connectivity index is 1.72. The molecular formula is C20H19ClN4O2. The van der Waals surface area contributed by atoms with Crippen LogP contribution in [-0.2, 0) is 0 Å². The van der Waals surface area contributed by atoms with E-state index in [4.69, 9.17) is 16.3 Å². The van der Waals surface area contributed by atoms with Crippen molar-refractivity contribution in [2.45, 2.75) is 13.3 Å². The largest absolute Gasteiger partial charge is 0.507 e. The van der Waals surface area contributed by atoms with E-state index in [-0.39, 0.29) is 5.75 Å². The Morgan fingerprint density at radius 3 is 2.70 bits per heavy atom. The van der Waals surface area contributed by atoms with Crippen LogP contribution in [0.25, 0.3) is 11.4 Å². The molecule has 0 radical (unpaired) electrons. The minimum atomic E-state index is 0.0832. The highest BCUT2D eigenvalue weighted by Gasteiger charge is 2.05. The second kappa shape index (κ2) is 9.00. The first-order valence-corrected chi connectivity index (χ1v) is 8.88. The van der Waals surface area contributed by atoms with E-state index >= 15 is 0 Å². The van der Waals surface area contributed by atoms with Gasteiger partial charge in [-0.25, -0.2) is 9.97 Å². The Hall–Kier alpha value is -3.12. The number of nitrogens with one attached hydrogen (secondary N) is 1. The van der Waals surface area contributed by atoms with Crippen LogP contribution in [0.3, 0.4) is 0 Å². The van der Waals surface area contributed by atoms with E-state index in [0.29, 0.717) is 34.7 Å². The van der Waals surface area contributed by atoms with Crippen LogP contribution in [0, 0.1) is 0 Å². The lowest BCUT2D eigenvalue weighted by atomic mass is 10.2. The summed E-state index contributed by atoms with van der Waals surface area (Å²) in [6.07, 6.45) is 2.40. The third kappa shape index (κ3) is 5.18. The van der Waals surface area contributed by atoms with Crippen LogP contribution in [0.15, 0.2) is 59.7 Å². The number of nitrogens with zero attached hydrogens (tertiary/aromatic N) is 3. The Morgan fingerprint density at radius 2 is 1.96 bits per heavy atom. The number of phenols is 1. The number of hydrogen-bond acceptors (Lipinski definition) is 6. The van der Waals surface area contributed by atoms with Gasteiger partial charge in [0.05, 0.1) is 12.8 Å². The molecule has 27 heavy (non-hydrogen) atoms. The van der Waals surface area contributed by atoms with E-state index < -0.39 is 0 Å². The number of phenolic OH excluding ortho intramolecular Hbond substituents is 1. The second-order valence-electron chi connectivity index (χ2n) is 5.70. The van der Waals surface area contributed by atoms with Crippen molar-refractivity contribution < 1.29 is 9.84 Å². The minimum absolute atomic E-state index is 0.0832. The van der Waals surface area contributed by atoms with Gasteiger partial charge in [0, 0.05) is 23.3 Å². The Labute approximate surface area is 162 Å². The van der Waals surface area contributed by atoms with E-state index in [1.807, 2.05) is 37.3 Å². The van der Waals surface area contributed by atoms with Gasteiger partial charge in [-0.15, -0.1) is 0 Å². The topological polar surface area (TPSA) is 79.6 Å². The molecule has 0 unspecified atom stereocenters. The lowest BCUT2D eigenvalue weighted by Crippen LogP contribution is -1.98. The number of aromatic hydroxyl groups is 1. The molecule has 1 aromatic heterocycles. The fourth-order valence-electron chi connectivity index (χ4n) is 2.30. The van der Waals surface area contributed by atoms with Gasteiger partial charge >= 0.3 is 0 Å². The molecule has 0 aliphatic rings. The molecule has 0 bridgehead atoms. The molecule has 138 valence electrons. The highest BCUT2D eigenvalue weighted by Crippen LogP contribution is 2.23. The summed E-state index contributed by atoms with van der Waals surface area (Å²) in [5, 5.41) is 14.5. The number of ether oxygens (including phenoxy) is 1. The van der Waals surface area contributed by atoms with Crippen molar-refractivity contribution in [3.63, 3.8) is 0 Å². The van der Waals surface area contributed by atoms with Crippen LogP contribution in [0.2, 0.25) is 5.15 Å². The van der Waals surface area contributed by atoms with Crippen molar-refractivity contribution in [2.75, 3.05) is 12.0 Å². The van der Waals surface area contributed by atoms with Gasteiger partial charge in [-0.1, -0.05) is 48.9 Å². The lowest BCUT2D eigenvalue weighted by Gasteiger charge is -2.06. The van der Waals surface area contributed by atoms with E-state index in [1.165, 1.54) is 6.21 Å². The van der Waals surface area contributed by atoms with E-state index in [1.54, 1.807) is 24.3 Å². The monoisotopic (exact) mass is 382 g/mol. The van der Waals surface area contributed by atoms with Crippen LogP contribution >= 0.6 is 11.6 Å². The van der Waals surface area contributed by atoms with Crippen LogP contribution in [0.1, 0.15) is 18.9 Å². The summed E-state index contributed by atoms with van der Waals surface area (Å²) < 4.78 is 5.48. The van der Waals surface area contributed by atoms with Gasteiger partial charge in [-0.2, -0.15) is 5.10 Å². The number of rotatable bonds is 7. The van der Waals surface area contributed by atoms with Crippen LogP contribution in [0.4, 0.5) is 5.82 Å². The fraction of sp³-hybridized carbons (Fsp3) is 0.150. The first-order valence-electron chi connectivity index (χ1n) is 8.50. The lowest BCUT2D eigenvalue weighted by molar-refractivity contribution is 0.315. The molecule has 0 spiro atoms. The average Bonchev–Trinajstić information content (AvgIpc) is 2.68. The first kappa shape index (κ1) is 18.7. The number of hydrogen-bond donors (Lipinski definition) is 2. The van der Waals surface area contributed by atoms with Gasteiger partial charge in [0.15, 0.2) is 11.6 Å². The highest BCUT2D eigenvalue weighted by molar-refractivity contribution is 6.29. The number of halogens is 1. The summed E-state index contributed by atoms with van der Waals surface area (Å²) in [5.74, 6) is 1.66. The first-order chi connectivity index (χ1) is 13.2. The van der Waals surface area contributed by atoms with Gasteiger partial charge in [0.2, 0.25) is 0 Å². The van der Waals surface area contributed by atoms with Crippen molar-refractivity contribution in [3.05, 3.63) is 65.3 Å². The number of benzene rings is 2. The van der Waals surface area contributed by atoms with Crippen LogP contribution in [0.5, 0.6) is 11.5 Å². The predicted octanol–water partition coefficient (Wildman–Crippen LogP) is 4.74. The highest BCUT2D eigenvalue weighted by atomic mass is 35.5. The van der Waals surface area contributed by atoms with Gasteiger partial charge in [-0.05, 0) is 18.6 Å². The maximum atomic E-state index is 10.1. The zero-order chi connectivity index (χ0) is 19.1. The maximum Gasteiger partial charge on any atom is 0.163 e. The van der Waals surface area contributed by atoms with E-state index in [2.05, 4.69) is 20.5 Å². The van der Waals surface area contributed by atoms with E-state index in [9.17, 15) is 5.11 Å². The van der Waals surface area contributed by atoms with Crippen LogP contribution < -0.4 is 10.2 Å². The van der Waals surface area contributed by atoms with Crippen molar-refractivity contribution in [2.24, 2.45) is 5.10 Å². The van der Waals surface area contributed by atoms with E-state index in [0.717, 1.165) is 12.0 Å². The SMILES string of the molecule is CCCOc1ccc(C=NNc2cc(Cl)nc(-c3ccccc3)n2)c(O)c1. The Bertz CT molecular complexity index is 933. The summed E-state index contributed by atoms with van der Waals surface area (Å²) in [4.78, 5) is 8.63. The van der Waals surface area contributed by atoms with Crippen molar-refractivity contribution in [1.82, 2.24) is 9.97 Å². The van der Waals surface area contributed by atoms with Crippen molar-refractivity contribution in [1.29, 1.82) is 0 Å². The third-order valence-corrected chi connectivity index (χ3v) is 3.78. The zero-order valence-corrected chi connectivity index (χ0v) is 15.5. The number of anilines is 1. The number of hydrazone groups is 1. The van der Waals surface area contributed by atoms with Crippen molar-refractivity contribution in [3.8, 4) is 22.9 Å². The quantitative estimate of drug-likeness (QED) is 0.350. The molecule has 3 rings (SSSR count). The molecular weight excluding hydrogens is 364 g/mol. The molecule has 6 nitrogen and oxygen atoms in total. The molecule has 2 N–H and O–H groups in total.